The molecule has 4 heteroatoms. The summed E-state index contributed by atoms with van der Waals surface area (Å²) in [5, 5.41) is 0. The average Bonchev–Trinajstić information content (AvgIpc) is 2.63. The minimum absolute atomic E-state index is 0.0648. The number of aryl methyl sites for hydroxylation is 4. The van der Waals surface area contributed by atoms with Crippen molar-refractivity contribution in [2.45, 2.75) is 34.6 Å². The molecule has 27 heavy (non-hydrogen) atoms. The fraction of sp³-hybridized carbons (Fsp3) is 0.435. The van der Waals surface area contributed by atoms with Gasteiger partial charge in [0.05, 0.1) is 0 Å². The van der Waals surface area contributed by atoms with Crippen LogP contribution in [0.15, 0.2) is 30.3 Å². The molecule has 0 N–H and O–H groups in total. The first-order chi connectivity index (χ1) is 12.9. The summed E-state index contributed by atoms with van der Waals surface area (Å²) < 4.78 is 5.88. The Hall–Kier alpha value is -2.49. The first-order valence-corrected chi connectivity index (χ1v) is 9.66. The second-order valence-electron chi connectivity index (χ2n) is 7.60. The molecule has 0 bridgehead atoms. The molecule has 1 aliphatic rings. The molecule has 4 nitrogen and oxygen atoms in total. The number of carbonyl (C=O) groups excluding carboxylic acids is 1. The van der Waals surface area contributed by atoms with Crippen LogP contribution in [0.2, 0.25) is 0 Å². The van der Waals surface area contributed by atoms with Gasteiger partial charge in [0.2, 0.25) is 0 Å². The Balaban J connectivity index is 1.57. The van der Waals surface area contributed by atoms with Gasteiger partial charge in [0.25, 0.3) is 5.91 Å². The summed E-state index contributed by atoms with van der Waals surface area (Å²) in [6.07, 6.45) is 0. The summed E-state index contributed by atoms with van der Waals surface area (Å²) in [4.78, 5) is 16.9. The number of amides is 1. The minimum atomic E-state index is 0.0648. The monoisotopic (exact) mass is 366 g/mol. The van der Waals surface area contributed by atoms with Crippen molar-refractivity contribution in [1.82, 2.24) is 4.90 Å². The zero-order chi connectivity index (χ0) is 19.6. The third kappa shape index (κ3) is 4.26. The highest BCUT2D eigenvalue weighted by Gasteiger charge is 2.23. The van der Waals surface area contributed by atoms with Crippen LogP contribution in [0.25, 0.3) is 0 Å². The second kappa shape index (κ2) is 8.03. The van der Waals surface area contributed by atoms with Gasteiger partial charge in [0.15, 0.2) is 6.61 Å². The number of rotatable bonds is 4. The van der Waals surface area contributed by atoms with Crippen LogP contribution < -0.4 is 9.64 Å². The van der Waals surface area contributed by atoms with Crippen LogP contribution in [0.1, 0.15) is 27.8 Å². The van der Waals surface area contributed by atoms with E-state index < -0.39 is 0 Å². The Bertz CT molecular complexity index is 813. The van der Waals surface area contributed by atoms with Gasteiger partial charge in [-0.1, -0.05) is 29.8 Å². The summed E-state index contributed by atoms with van der Waals surface area (Å²) in [6.45, 7) is 13.7. The molecule has 1 saturated heterocycles. The predicted molar refractivity (Wildman–Crippen MR) is 111 cm³/mol. The quantitative estimate of drug-likeness (QED) is 0.821. The summed E-state index contributed by atoms with van der Waals surface area (Å²) in [7, 11) is 0. The molecule has 1 fully saturated rings. The molecule has 1 heterocycles. The predicted octanol–water partition coefficient (Wildman–Crippen LogP) is 3.96. The van der Waals surface area contributed by atoms with E-state index in [9.17, 15) is 4.79 Å². The highest BCUT2D eigenvalue weighted by molar-refractivity contribution is 5.78. The van der Waals surface area contributed by atoms with Gasteiger partial charge in [-0.3, -0.25) is 4.79 Å². The largest absolute Gasteiger partial charge is 0.483 e. The molecule has 2 aromatic carbocycles. The van der Waals surface area contributed by atoms with Gasteiger partial charge in [-0.25, -0.2) is 0 Å². The molecule has 2 aromatic rings. The molecule has 0 saturated carbocycles. The SMILES string of the molecule is Cc1cc(C)c(OCC(=O)N2CCN(c3cccc(C)c3C)CC2)c(C)c1. The normalized spacial score (nSPS) is 14.4. The molecule has 0 unspecified atom stereocenters. The first-order valence-electron chi connectivity index (χ1n) is 9.66. The van der Waals surface area contributed by atoms with E-state index >= 15 is 0 Å². The maximum absolute atomic E-state index is 12.6. The molecule has 1 amide bonds. The lowest BCUT2D eigenvalue weighted by Gasteiger charge is -2.37. The lowest BCUT2D eigenvalue weighted by Crippen LogP contribution is -2.50. The van der Waals surface area contributed by atoms with Crippen molar-refractivity contribution in [3.05, 3.63) is 58.1 Å². The average molecular weight is 367 g/mol. The fourth-order valence-corrected chi connectivity index (χ4v) is 3.89. The van der Waals surface area contributed by atoms with Crippen molar-refractivity contribution in [3.8, 4) is 5.75 Å². The van der Waals surface area contributed by atoms with Crippen LogP contribution in [0.5, 0.6) is 5.75 Å². The Kier molecular flexibility index (Phi) is 5.73. The van der Waals surface area contributed by atoms with Gasteiger partial charge in [0, 0.05) is 31.9 Å². The van der Waals surface area contributed by atoms with Crippen LogP contribution in [0.3, 0.4) is 0 Å². The van der Waals surface area contributed by atoms with Gasteiger partial charge >= 0.3 is 0 Å². The lowest BCUT2D eigenvalue weighted by molar-refractivity contribution is -0.133. The van der Waals surface area contributed by atoms with Crippen molar-refractivity contribution in [3.63, 3.8) is 0 Å². The Morgan fingerprint density at radius 1 is 0.926 bits per heavy atom. The molecule has 1 aliphatic heterocycles. The van der Waals surface area contributed by atoms with E-state index in [4.69, 9.17) is 4.74 Å². The highest BCUT2D eigenvalue weighted by Crippen LogP contribution is 2.25. The van der Waals surface area contributed by atoms with E-state index in [1.807, 2.05) is 18.7 Å². The van der Waals surface area contributed by atoms with E-state index in [1.165, 1.54) is 22.4 Å². The lowest BCUT2D eigenvalue weighted by atomic mass is 10.1. The molecule has 0 aromatic heterocycles. The van der Waals surface area contributed by atoms with Gasteiger partial charge in [-0.15, -0.1) is 0 Å². The summed E-state index contributed by atoms with van der Waals surface area (Å²) in [5.74, 6) is 0.901. The maximum atomic E-state index is 12.6. The molecule has 144 valence electrons. The molecular weight excluding hydrogens is 336 g/mol. The Morgan fingerprint density at radius 2 is 1.56 bits per heavy atom. The van der Waals surface area contributed by atoms with Gasteiger partial charge in [0.1, 0.15) is 5.75 Å². The van der Waals surface area contributed by atoms with Crippen LogP contribution >= 0.6 is 0 Å². The van der Waals surface area contributed by atoms with E-state index in [-0.39, 0.29) is 12.5 Å². The van der Waals surface area contributed by atoms with Crippen LogP contribution in [0, 0.1) is 34.6 Å². The van der Waals surface area contributed by atoms with Crippen molar-refractivity contribution < 1.29 is 9.53 Å². The third-order valence-electron chi connectivity index (χ3n) is 5.49. The summed E-state index contributed by atoms with van der Waals surface area (Å²) >= 11 is 0. The number of piperazine rings is 1. The molecule has 3 rings (SSSR count). The molecule has 0 spiro atoms. The number of ether oxygens (including phenoxy) is 1. The number of hydrogen-bond donors (Lipinski definition) is 0. The van der Waals surface area contributed by atoms with Gasteiger partial charge in [-0.05, 0) is 62.9 Å². The van der Waals surface area contributed by atoms with Crippen molar-refractivity contribution in [2.75, 3.05) is 37.7 Å². The van der Waals surface area contributed by atoms with E-state index in [1.54, 1.807) is 0 Å². The highest BCUT2D eigenvalue weighted by atomic mass is 16.5. The standard InChI is InChI=1S/C23H30N2O2/c1-16-13-18(3)23(19(4)14-16)27-15-22(26)25-11-9-24(10-12-25)21-8-6-7-17(2)20(21)5/h6-8,13-14H,9-12,15H2,1-5H3. The summed E-state index contributed by atoms with van der Waals surface area (Å²) in [6, 6.07) is 10.6. The first kappa shape index (κ1) is 19.3. The number of benzene rings is 2. The van der Waals surface area contributed by atoms with E-state index in [0.717, 1.165) is 43.1 Å². The fourth-order valence-electron chi connectivity index (χ4n) is 3.89. The van der Waals surface area contributed by atoms with Crippen LogP contribution in [0.4, 0.5) is 5.69 Å². The number of hydrogen-bond acceptors (Lipinski definition) is 3. The van der Waals surface area contributed by atoms with E-state index in [2.05, 4.69) is 56.0 Å². The topological polar surface area (TPSA) is 32.8 Å². The minimum Gasteiger partial charge on any atom is -0.483 e. The van der Waals surface area contributed by atoms with Crippen molar-refractivity contribution in [1.29, 1.82) is 0 Å². The maximum Gasteiger partial charge on any atom is 0.260 e. The summed E-state index contributed by atoms with van der Waals surface area (Å²) in [5.41, 5.74) is 7.30. The molecule has 0 atom stereocenters. The van der Waals surface area contributed by atoms with Gasteiger partial charge < -0.3 is 14.5 Å². The zero-order valence-electron chi connectivity index (χ0n) is 17.1. The number of nitrogens with zero attached hydrogens (tertiary/aromatic N) is 2. The smallest absolute Gasteiger partial charge is 0.260 e. The van der Waals surface area contributed by atoms with Crippen molar-refractivity contribution in [2.24, 2.45) is 0 Å². The number of carbonyl (C=O) groups is 1. The number of anilines is 1. The third-order valence-corrected chi connectivity index (χ3v) is 5.49. The van der Waals surface area contributed by atoms with E-state index in [0.29, 0.717) is 0 Å². The Morgan fingerprint density at radius 3 is 2.19 bits per heavy atom. The van der Waals surface area contributed by atoms with Gasteiger partial charge in [-0.2, -0.15) is 0 Å². The molecular formula is C23H30N2O2. The zero-order valence-corrected chi connectivity index (χ0v) is 17.1. The van der Waals surface area contributed by atoms with Crippen LogP contribution in [-0.4, -0.2) is 43.6 Å². The van der Waals surface area contributed by atoms with Crippen molar-refractivity contribution >= 4 is 11.6 Å². The second-order valence-corrected chi connectivity index (χ2v) is 7.60. The van der Waals surface area contributed by atoms with Crippen LogP contribution in [-0.2, 0) is 4.79 Å². The Labute approximate surface area is 162 Å². The molecule has 0 radical (unpaired) electrons. The molecule has 0 aliphatic carbocycles.